The van der Waals surface area contributed by atoms with Gasteiger partial charge in [-0.25, -0.2) is 10.8 Å². The maximum absolute atomic E-state index is 5.25. The molecule has 0 atom stereocenters. The van der Waals surface area contributed by atoms with Gasteiger partial charge in [0, 0.05) is 6.54 Å². The van der Waals surface area contributed by atoms with Gasteiger partial charge in [-0.15, -0.1) is 10.2 Å². The molecule has 0 unspecified atom stereocenters. The molecule has 17 heavy (non-hydrogen) atoms. The molecule has 2 aromatic heterocycles. The zero-order chi connectivity index (χ0) is 12.1. The molecular formula is C9H14N8. The van der Waals surface area contributed by atoms with E-state index in [1.54, 1.807) is 18.7 Å². The number of nitrogens with two attached hydrogens (primary N) is 1. The molecule has 4 N–H and O–H groups in total. The monoisotopic (exact) mass is 234 g/mol. The summed E-state index contributed by atoms with van der Waals surface area (Å²) in [4.78, 5) is 8.17. The fourth-order valence-corrected chi connectivity index (χ4v) is 1.37. The first-order valence-corrected chi connectivity index (χ1v) is 5.22. The molecule has 0 amide bonds. The van der Waals surface area contributed by atoms with Crippen molar-refractivity contribution >= 4 is 11.6 Å². The van der Waals surface area contributed by atoms with Crippen LogP contribution in [0.2, 0.25) is 0 Å². The molecular weight excluding hydrogens is 220 g/mol. The SMILES string of the molecule is CCn1cnnc1CNc1cncc(NN)n1. The Labute approximate surface area is 98.3 Å². The van der Waals surface area contributed by atoms with Crippen LogP contribution in [0.3, 0.4) is 0 Å². The molecule has 2 aromatic rings. The standard InChI is InChI=1S/C9H14N8/c1-2-17-6-13-16-9(17)5-12-7-3-11-4-8(14-7)15-10/h3-4,6H,2,5,10H2,1H3,(H2,12,14,15). The number of anilines is 2. The van der Waals surface area contributed by atoms with Crippen LogP contribution in [0.1, 0.15) is 12.7 Å². The summed E-state index contributed by atoms with van der Waals surface area (Å²) in [6.07, 6.45) is 4.85. The van der Waals surface area contributed by atoms with E-state index in [0.717, 1.165) is 12.4 Å². The van der Waals surface area contributed by atoms with Crippen LogP contribution in [-0.2, 0) is 13.1 Å². The lowest BCUT2D eigenvalue weighted by Gasteiger charge is -2.06. The second-order valence-corrected chi connectivity index (χ2v) is 3.32. The zero-order valence-electron chi connectivity index (χ0n) is 9.46. The van der Waals surface area contributed by atoms with Crippen LogP contribution in [0.15, 0.2) is 18.7 Å². The van der Waals surface area contributed by atoms with Crippen molar-refractivity contribution in [3.8, 4) is 0 Å². The number of hydrogen-bond acceptors (Lipinski definition) is 7. The largest absolute Gasteiger partial charge is 0.361 e. The molecule has 0 spiro atoms. The molecule has 8 heteroatoms. The van der Waals surface area contributed by atoms with Gasteiger partial charge in [-0.3, -0.25) is 4.98 Å². The van der Waals surface area contributed by atoms with E-state index in [4.69, 9.17) is 5.84 Å². The highest BCUT2D eigenvalue weighted by Gasteiger charge is 2.03. The molecule has 0 aromatic carbocycles. The molecule has 0 aliphatic heterocycles. The number of hydrazine groups is 1. The number of aromatic nitrogens is 5. The van der Waals surface area contributed by atoms with Gasteiger partial charge in [0.05, 0.1) is 18.9 Å². The Morgan fingerprint density at radius 1 is 1.35 bits per heavy atom. The van der Waals surface area contributed by atoms with Gasteiger partial charge in [0.25, 0.3) is 0 Å². The maximum atomic E-state index is 5.25. The van der Waals surface area contributed by atoms with E-state index >= 15 is 0 Å². The first-order valence-electron chi connectivity index (χ1n) is 5.22. The smallest absolute Gasteiger partial charge is 0.160 e. The van der Waals surface area contributed by atoms with Crippen molar-refractivity contribution in [3.63, 3.8) is 0 Å². The van der Waals surface area contributed by atoms with E-state index in [2.05, 4.69) is 30.9 Å². The van der Waals surface area contributed by atoms with Crippen molar-refractivity contribution in [3.05, 3.63) is 24.5 Å². The normalized spacial score (nSPS) is 10.2. The quantitative estimate of drug-likeness (QED) is 0.493. The molecule has 0 bridgehead atoms. The predicted octanol–water partition coefficient (Wildman–Crippen LogP) is -0.0143. The van der Waals surface area contributed by atoms with Gasteiger partial charge in [-0.05, 0) is 6.92 Å². The highest BCUT2D eigenvalue weighted by Crippen LogP contribution is 2.06. The van der Waals surface area contributed by atoms with E-state index in [0.29, 0.717) is 18.2 Å². The minimum absolute atomic E-state index is 0.506. The molecule has 0 aliphatic carbocycles. The third kappa shape index (κ3) is 2.67. The maximum Gasteiger partial charge on any atom is 0.160 e. The zero-order valence-corrected chi connectivity index (χ0v) is 9.46. The Hall–Kier alpha value is -2.22. The summed E-state index contributed by atoms with van der Waals surface area (Å²) in [5, 5.41) is 11.0. The minimum Gasteiger partial charge on any atom is -0.361 e. The summed E-state index contributed by atoms with van der Waals surface area (Å²) in [7, 11) is 0. The number of hydrogen-bond donors (Lipinski definition) is 3. The van der Waals surface area contributed by atoms with Crippen LogP contribution >= 0.6 is 0 Å². The van der Waals surface area contributed by atoms with Crippen LogP contribution in [0.5, 0.6) is 0 Å². The topological polar surface area (TPSA) is 107 Å². The molecule has 2 rings (SSSR count). The summed E-state index contributed by atoms with van der Waals surface area (Å²) in [5.74, 6) is 7.23. The summed E-state index contributed by atoms with van der Waals surface area (Å²) in [6, 6.07) is 0. The van der Waals surface area contributed by atoms with Crippen molar-refractivity contribution in [2.45, 2.75) is 20.0 Å². The fourth-order valence-electron chi connectivity index (χ4n) is 1.37. The average molecular weight is 234 g/mol. The number of nitrogens with one attached hydrogen (secondary N) is 2. The number of aryl methyl sites for hydroxylation is 1. The van der Waals surface area contributed by atoms with Crippen molar-refractivity contribution in [1.82, 2.24) is 24.7 Å². The first-order chi connectivity index (χ1) is 8.33. The third-order valence-corrected chi connectivity index (χ3v) is 2.25. The molecule has 0 saturated heterocycles. The van der Waals surface area contributed by atoms with Crippen LogP contribution in [0, 0.1) is 0 Å². The summed E-state index contributed by atoms with van der Waals surface area (Å²) in [6.45, 7) is 3.41. The van der Waals surface area contributed by atoms with Gasteiger partial charge in [0.1, 0.15) is 12.1 Å². The molecule has 0 radical (unpaired) electrons. The van der Waals surface area contributed by atoms with Gasteiger partial charge >= 0.3 is 0 Å². The Morgan fingerprint density at radius 2 is 2.18 bits per heavy atom. The Balaban J connectivity index is 2.02. The van der Waals surface area contributed by atoms with E-state index in [1.807, 2.05) is 11.5 Å². The van der Waals surface area contributed by atoms with E-state index in [9.17, 15) is 0 Å². The van der Waals surface area contributed by atoms with Crippen LogP contribution in [-0.4, -0.2) is 24.7 Å². The van der Waals surface area contributed by atoms with Crippen molar-refractivity contribution < 1.29 is 0 Å². The van der Waals surface area contributed by atoms with E-state index in [-0.39, 0.29) is 0 Å². The fraction of sp³-hybridized carbons (Fsp3) is 0.333. The van der Waals surface area contributed by atoms with Crippen molar-refractivity contribution in [2.75, 3.05) is 10.7 Å². The molecule has 8 nitrogen and oxygen atoms in total. The van der Waals surface area contributed by atoms with Crippen molar-refractivity contribution in [1.29, 1.82) is 0 Å². The Morgan fingerprint density at radius 3 is 2.94 bits per heavy atom. The number of rotatable bonds is 5. The van der Waals surface area contributed by atoms with Gasteiger partial charge in [0.2, 0.25) is 0 Å². The summed E-state index contributed by atoms with van der Waals surface area (Å²) >= 11 is 0. The second kappa shape index (κ2) is 5.21. The Bertz CT molecular complexity index is 479. The number of nitrogen functional groups attached to an aromatic ring is 1. The van der Waals surface area contributed by atoms with Crippen LogP contribution in [0.25, 0.3) is 0 Å². The predicted molar refractivity (Wildman–Crippen MR) is 62.9 cm³/mol. The van der Waals surface area contributed by atoms with Gasteiger partial charge in [-0.2, -0.15) is 0 Å². The second-order valence-electron chi connectivity index (χ2n) is 3.32. The summed E-state index contributed by atoms with van der Waals surface area (Å²) < 4.78 is 1.95. The van der Waals surface area contributed by atoms with Gasteiger partial charge in [0.15, 0.2) is 11.6 Å². The highest BCUT2D eigenvalue weighted by molar-refractivity contribution is 5.40. The lowest BCUT2D eigenvalue weighted by molar-refractivity contribution is 0.707. The third-order valence-electron chi connectivity index (χ3n) is 2.25. The van der Waals surface area contributed by atoms with Crippen molar-refractivity contribution in [2.24, 2.45) is 5.84 Å². The first kappa shape index (κ1) is 11.3. The average Bonchev–Trinajstić information content (AvgIpc) is 2.84. The van der Waals surface area contributed by atoms with E-state index in [1.165, 1.54) is 0 Å². The minimum atomic E-state index is 0.506. The lowest BCUT2D eigenvalue weighted by Crippen LogP contribution is -2.12. The van der Waals surface area contributed by atoms with Crippen LogP contribution in [0.4, 0.5) is 11.6 Å². The highest BCUT2D eigenvalue weighted by atomic mass is 15.3. The van der Waals surface area contributed by atoms with E-state index < -0.39 is 0 Å². The molecule has 90 valence electrons. The molecule has 0 fully saturated rings. The Kier molecular flexibility index (Phi) is 3.46. The molecule has 0 saturated carbocycles. The lowest BCUT2D eigenvalue weighted by atomic mass is 10.5. The van der Waals surface area contributed by atoms with Gasteiger partial charge in [-0.1, -0.05) is 0 Å². The number of nitrogens with zero attached hydrogens (tertiary/aromatic N) is 5. The van der Waals surface area contributed by atoms with Crippen LogP contribution < -0.4 is 16.6 Å². The summed E-state index contributed by atoms with van der Waals surface area (Å²) in [5.41, 5.74) is 2.44. The molecule has 0 aliphatic rings. The van der Waals surface area contributed by atoms with Gasteiger partial charge < -0.3 is 15.3 Å². The molecule has 2 heterocycles.